The van der Waals surface area contributed by atoms with E-state index in [-0.39, 0.29) is 34.1 Å². The molecule has 3 rings (SSSR count). The van der Waals surface area contributed by atoms with Crippen LogP contribution in [0.25, 0.3) is 5.69 Å². The highest BCUT2D eigenvalue weighted by atomic mass is 79.9. The largest absolute Gasteiger partial charge is 1.00 e. The van der Waals surface area contributed by atoms with Crippen LogP contribution < -0.4 is 26.4 Å². The van der Waals surface area contributed by atoms with Gasteiger partial charge in [0.15, 0.2) is 5.69 Å². The lowest BCUT2D eigenvalue weighted by molar-refractivity contribution is -0.670. The van der Waals surface area contributed by atoms with Crippen LogP contribution in [0.15, 0.2) is 31.1 Å². The molecule has 0 aliphatic carbocycles. The Morgan fingerprint density at radius 1 is 1.08 bits per heavy atom. The lowest BCUT2D eigenvalue weighted by atomic mass is 9.82. The molecule has 7 nitrogen and oxygen atoms in total. The molecule has 0 N–H and O–H groups in total. The third-order valence-corrected chi connectivity index (χ3v) is 4.54. The molecule has 8 heteroatoms. The zero-order valence-corrected chi connectivity index (χ0v) is 17.0. The Morgan fingerprint density at radius 2 is 1.68 bits per heavy atom. The molecule has 0 bridgehead atoms. The molecule has 2 aromatic rings. The van der Waals surface area contributed by atoms with Gasteiger partial charge in [0.25, 0.3) is 0 Å². The molecule has 1 saturated heterocycles. The Hall–Kier alpha value is -1.51. The summed E-state index contributed by atoms with van der Waals surface area (Å²) in [5.74, 6) is 0. The average molecular weight is 412 g/mol. The summed E-state index contributed by atoms with van der Waals surface area (Å²) in [5.41, 5.74) is 0.671. The smallest absolute Gasteiger partial charge is 0.355 e. The minimum absolute atomic E-state index is 0. The van der Waals surface area contributed by atoms with Crippen molar-refractivity contribution in [3.05, 3.63) is 31.1 Å². The average Bonchev–Trinajstić information content (AvgIpc) is 2.93. The molecule has 1 aliphatic heterocycles. The van der Waals surface area contributed by atoms with Crippen molar-refractivity contribution in [3.8, 4) is 11.7 Å². The van der Waals surface area contributed by atoms with Gasteiger partial charge in [0, 0.05) is 11.1 Å². The van der Waals surface area contributed by atoms with Crippen molar-refractivity contribution in [2.45, 2.75) is 58.0 Å². The van der Waals surface area contributed by atoms with Crippen molar-refractivity contribution >= 4 is 0 Å². The SMILES string of the molecule is C[n+]1ccn(-c2cnc(OON3C(C)(C)CCCC3(C)C)nc2)c1.[Br-]. The Bertz CT molecular complexity index is 683. The van der Waals surface area contributed by atoms with Gasteiger partial charge in [0.05, 0.1) is 19.4 Å². The topological polar surface area (TPSA) is 56.3 Å². The molecule has 0 atom stereocenters. The molecule has 0 spiro atoms. The number of rotatable bonds is 4. The lowest BCUT2D eigenvalue weighted by Gasteiger charge is -2.49. The predicted octanol–water partition coefficient (Wildman–Crippen LogP) is -0.636. The van der Waals surface area contributed by atoms with E-state index in [2.05, 4.69) is 37.7 Å². The Balaban J connectivity index is 0.00000225. The molecule has 0 radical (unpaired) electrons. The molecule has 2 aromatic heterocycles. The van der Waals surface area contributed by atoms with Crippen LogP contribution in [-0.4, -0.2) is 30.7 Å². The van der Waals surface area contributed by atoms with Crippen molar-refractivity contribution in [2.24, 2.45) is 7.05 Å². The van der Waals surface area contributed by atoms with Gasteiger partial charge in [-0.25, -0.2) is 4.57 Å². The lowest BCUT2D eigenvalue weighted by Crippen LogP contribution is -3.00. The van der Waals surface area contributed by atoms with Crippen LogP contribution in [0, 0.1) is 0 Å². The third-order valence-electron chi connectivity index (χ3n) is 4.54. The molecular weight excluding hydrogens is 386 g/mol. The summed E-state index contributed by atoms with van der Waals surface area (Å²) in [4.78, 5) is 19.5. The number of aromatic nitrogens is 4. The molecule has 138 valence electrons. The molecule has 0 unspecified atom stereocenters. The molecule has 0 aromatic carbocycles. The van der Waals surface area contributed by atoms with E-state index in [1.165, 1.54) is 6.42 Å². The molecule has 1 fully saturated rings. The minimum atomic E-state index is -0.0957. The van der Waals surface area contributed by atoms with E-state index in [1.54, 1.807) is 12.4 Å². The number of halogens is 1. The molecule has 0 saturated carbocycles. The number of piperidine rings is 1. The van der Waals surface area contributed by atoms with Crippen LogP contribution in [0.3, 0.4) is 0 Å². The van der Waals surface area contributed by atoms with E-state index >= 15 is 0 Å². The van der Waals surface area contributed by atoms with Crippen LogP contribution in [0.4, 0.5) is 0 Å². The van der Waals surface area contributed by atoms with Crippen LogP contribution in [0.1, 0.15) is 47.0 Å². The highest BCUT2D eigenvalue weighted by molar-refractivity contribution is 5.24. The standard InChI is InChI=1S/C17H26N5O2.BrH/c1-16(2)7-6-8-17(3,4)22(16)24-23-15-18-11-14(12-19-15)21-10-9-20(5)13-21;/h9-13H,6-8H2,1-5H3;1H/q+1;/p-1. The Kier molecular flexibility index (Phi) is 5.86. The summed E-state index contributed by atoms with van der Waals surface area (Å²) < 4.78 is 3.88. The summed E-state index contributed by atoms with van der Waals surface area (Å²) in [7, 11) is 1.96. The van der Waals surface area contributed by atoms with Gasteiger partial charge in [-0.05, 0) is 47.0 Å². The van der Waals surface area contributed by atoms with Gasteiger partial charge in [0.1, 0.15) is 12.4 Å². The van der Waals surface area contributed by atoms with Crippen LogP contribution in [0.5, 0.6) is 6.01 Å². The molecule has 1 aliphatic rings. The van der Waals surface area contributed by atoms with E-state index in [0.717, 1.165) is 18.5 Å². The maximum Gasteiger partial charge on any atom is 0.355 e. The van der Waals surface area contributed by atoms with Gasteiger partial charge in [-0.2, -0.15) is 14.5 Å². The van der Waals surface area contributed by atoms with E-state index in [0.29, 0.717) is 0 Å². The Morgan fingerprint density at radius 3 is 2.20 bits per heavy atom. The fraction of sp³-hybridized carbons (Fsp3) is 0.588. The molecule has 0 amide bonds. The van der Waals surface area contributed by atoms with E-state index in [9.17, 15) is 0 Å². The van der Waals surface area contributed by atoms with Gasteiger partial charge >= 0.3 is 6.01 Å². The normalized spacial score (nSPS) is 19.2. The fourth-order valence-corrected chi connectivity index (χ4v) is 3.34. The number of hydrogen-bond donors (Lipinski definition) is 0. The molecule has 25 heavy (non-hydrogen) atoms. The van der Waals surface area contributed by atoms with Crippen molar-refractivity contribution in [1.29, 1.82) is 0 Å². The number of hydrogen-bond acceptors (Lipinski definition) is 5. The zero-order valence-electron chi connectivity index (χ0n) is 15.4. The first-order valence-electron chi connectivity index (χ1n) is 8.29. The minimum Gasteiger partial charge on any atom is -1.00 e. The number of hydroxylamine groups is 2. The number of aryl methyl sites for hydroxylation is 1. The first-order valence-corrected chi connectivity index (χ1v) is 8.29. The van der Waals surface area contributed by atoms with Crippen LogP contribution >= 0.6 is 0 Å². The van der Waals surface area contributed by atoms with Crippen molar-refractivity contribution in [3.63, 3.8) is 0 Å². The predicted molar refractivity (Wildman–Crippen MR) is 88.1 cm³/mol. The number of nitrogens with zero attached hydrogens (tertiary/aromatic N) is 5. The quantitative estimate of drug-likeness (QED) is 0.380. The maximum atomic E-state index is 5.65. The first kappa shape index (κ1) is 19.8. The van der Waals surface area contributed by atoms with Gasteiger partial charge < -0.3 is 17.0 Å². The van der Waals surface area contributed by atoms with Crippen molar-refractivity contribution < 1.29 is 31.4 Å². The maximum absolute atomic E-state index is 5.65. The van der Waals surface area contributed by atoms with Gasteiger partial charge in [0.2, 0.25) is 6.33 Å². The van der Waals surface area contributed by atoms with Crippen molar-refractivity contribution in [1.82, 2.24) is 19.6 Å². The summed E-state index contributed by atoms with van der Waals surface area (Å²) >= 11 is 0. The van der Waals surface area contributed by atoms with Crippen LogP contribution in [0.2, 0.25) is 0 Å². The van der Waals surface area contributed by atoms with Crippen LogP contribution in [-0.2, 0) is 12.0 Å². The highest BCUT2D eigenvalue weighted by Crippen LogP contribution is 2.38. The molecular formula is C17H26BrN5O2. The summed E-state index contributed by atoms with van der Waals surface area (Å²) in [5, 5.41) is 1.92. The summed E-state index contributed by atoms with van der Waals surface area (Å²) in [6, 6.07) is 0.201. The zero-order chi connectivity index (χ0) is 17.4. The summed E-state index contributed by atoms with van der Waals surface area (Å²) in [6.45, 7) is 8.64. The number of imidazole rings is 1. The van der Waals surface area contributed by atoms with E-state index in [4.69, 9.17) is 9.88 Å². The fourth-order valence-electron chi connectivity index (χ4n) is 3.34. The van der Waals surface area contributed by atoms with Gasteiger partial charge in [-0.1, -0.05) is 4.99 Å². The Labute approximate surface area is 159 Å². The highest BCUT2D eigenvalue weighted by Gasteiger charge is 2.44. The molecule has 3 heterocycles. The monoisotopic (exact) mass is 411 g/mol. The van der Waals surface area contributed by atoms with Gasteiger partial charge in [-0.3, -0.25) is 4.89 Å². The van der Waals surface area contributed by atoms with E-state index < -0.39 is 0 Å². The third kappa shape index (κ3) is 4.37. The second kappa shape index (κ2) is 7.39. The first-order chi connectivity index (χ1) is 11.3. The van der Waals surface area contributed by atoms with Crippen molar-refractivity contribution in [2.75, 3.05) is 0 Å². The van der Waals surface area contributed by atoms with E-state index in [1.807, 2.05) is 40.0 Å². The summed E-state index contributed by atoms with van der Waals surface area (Å²) in [6.07, 6.45) is 12.5. The second-order valence-electron chi connectivity index (χ2n) is 7.64. The van der Waals surface area contributed by atoms with Gasteiger partial charge in [-0.15, -0.1) is 5.06 Å². The second-order valence-corrected chi connectivity index (χ2v) is 7.64.